The Bertz CT molecular complexity index is 501. The molecular weight excluding hydrogens is 322 g/mol. The molecule has 0 bridgehead atoms. The van der Waals surface area contributed by atoms with E-state index in [0.717, 1.165) is 25.7 Å². The Hall–Kier alpha value is -1.63. The van der Waals surface area contributed by atoms with Crippen molar-refractivity contribution in [1.29, 1.82) is 0 Å². The summed E-state index contributed by atoms with van der Waals surface area (Å²) in [5.74, 6) is -0.878. The predicted octanol–water partition coefficient (Wildman–Crippen LogP) is 0.888. The Kier molecular flexibility index (Phi) is 6.81. The van der Waals surface area contributed by atoms with Crippen LogP contribution < -0.4 is 0 Å². The Morgan fingerprint density at radius 3 is 2.36 bits per heavy atom. The fourth-order valence-corrected chi connectivity index (χ4v) is 3.81. The highest BCUT2D eigenvalue weighted by molar-refractivity contribution is 5.90. The summed E-state index contributed by atoms with van der Waals surface area (Å²) in [5.41, 5.74) is 0. The number of aliphatic carboxylic acids is 1. The first-order valence-electron chi connectivity index (χ1n) is 9.22. The molecule has 1 saturated carbocycles. The molecule has 7 nitrogen and oxygen atoms in total. The van der Waals surface area contributed by atoms with Gasteiger partial charge in [0.2, 0.25) is 11.8 Å². The molecule has 1 aliphatic heterocycles. The second-order valence-electron chi connectivity index (χ2n) is 7.82. The summed E-state index contributed by atoms with van der Waals surface area (Å²) in [4.78, 5) is 41.5. The van der Waals surface area contributed by atoms with Crippen molar-refractivity contribution in [3.63, 3.8) is 0 Å². The summed E-state index contributed by atoms with van der Waals surface area (Å²) >= 11 is 0. The molecular formula is C18H31N3O4. The second kappa shape index (κ2) is 8.65. The maximum atomic E-state index is 12.8. The van der Waals surface area contributed by atoms with Crippen LogP contribution in [0.3, 0.4) is 0 Å². The molecule has 2 rings (SSSR count). The van der Waals surface area contributed by atoms with Crippen molar-refractivity contribution in [1.82, 2.24) is 14.7 Å². The highest BCUT2D eigenvalue weighted by Crippen LogP contribution is 2.31. The molecule has 1 unspecified atom stereocenters. The number of hydrogen-bond donors (Lipinski definition) is 1. The van der Waals surface area contributed by atoms with E-state index in [9.17, 15) is 14.4 Å². The van der Waals surface area contributed by atoms with Crippen LogP contribution in [0.1, 0.15) is 39.0 Å². The maximum Gasteiger partial charge on any atom is 0.323 e. The van der Waals surface area contributed by atoms with Gasteiger partial charge in [-0.05, 0) is 45.7 Å². The standard InChI is InChI=1S/C18H31N3O4/c1-13-4-6-15(7-5-13)21-11-14(10-16(21)22)18(25)20(12-17(23)24)9-8-19(2)3/h13-15H,4-12H2,1-3H3,(H,23,24). The molecule has 1 saturated heterocycles. The van der Waals surface area contributed by atoms with Crippen molar-refractivity contribution in [3.05, 3.63) is 0 Å². The second-order valence-corrected chi connectivity index (χ2v) is 7.82. The molecule has 0 aromatic heterocycles. The van der Waals surface area contributed by atoms with Crippen LogP contribution >= 0.6 is 0 Å². The van der Waals surface area contributed by atoms with E-state index in [1.807, 2.05) is 23.9 Å². The van der Waals surface area contributed by atoms with Crippen LogP contribution in [0.25, 0.3) is 0 Å². The summed E-state index contributed by atoms with van der Waals surface area (Å²) in [6, 6.07) is 0.246. The van der Waals surface area contributed by atoms with Gasteiger partial charge < -0.3 is 19.8 Å². The van der Waals surface area contributed by atoms with Crippen LogP contribution in [0.4, 0.5) is 0 Å². The van der Waals surface area contributed by atoms with Gasteiger partial charge in [-0.15, -0.1) is 0 Å². The lowest BCUT2D eigenvalue weighted by atomic mass is 9.86. The van der Waals surface area contributed by atoms with Crippen molar-refractivity contribution in [2.24, 2.45) is 11.8 Å². The topological polar surface area (TPSA) is 81.2 Å². The molecule has 1 heterocycles. The fraction of sp³-hybridized carbons (Fsp3) is 0.833. The van der Waals surface area contributed by atoms with Crippen molar-refractivity contribution in [2.45, 2.75) is 45.1 Å². The van der Waals surface area contributed by atoms with Gasteiger partial charge in [0.25, 0.3) is 0 Å². The third-order valence-electron chi connectivity index (χ3n) is 5.39. The number of amides is 2. The van der Waals surface area contributed by atoms with Crippen molar-refractivity contribution in [2.75, 3.05) is 40.3 Å². The van der Waals surface area contributed by atoms with E-state index in [1.165, 1.54) is 4.90 Å². The molecule has 7 heteroatoms. The van der Waals surface area contributed by atoms with E-state index in [0.29, 0.717) is 25.6 Å². The number of nitrogens with zero attached hydrogens (tertiary/aromatic N) is 3. The van der Waals surface area contributed by atoms with Gasteiger partial charge in [-0.2, -0.15) is 0 Å². The summed E-state index contributed by atoms with van der Waals surface area (Å²) in [5, 5.41) is 9.09. The quantitative estimate of drug-likeness (QED) is 0.735. The highest BCUT2D eigenvalue weighted by Gasteiger charge is 2.40. The van der Waals surface area contributed by atoms with Crippen LogP contribution in [0.15, 0.2) is 0 Å². The van der Waals surface area contributed by atoms with E-state index < -0.39 is 11.9 Å². The maximum absolute atomic E-state index is 12.8. The molecule has 0 spiro atoms. The van der Waals surface area contributed by atoms with E-state index in [4.69, 9.17) is 5.11 Å². The molecule has 2 aliphatic rings. The Balaban J connectivity index is 1.97. The van der Waals surface area contributed by atoms with Crippen molar-refractivity contribution < 1.29 is 19.5 Å². The molecule has 2 fully saturated rings. The molecule has 0 aromatic carbocycles. The fourth-order valence-electron chi connectivity index (χ4n) is 3.81. The van der Waals surface area contributed by atoms with Crippen LogP contribution in [-0.2, 0) is 14.4 Å². The Morgan fingerprint density at radius 1 is 1.16 bits per heavy atom. The number of carbonyl (C=O) groups is 3. The van der Waals surface area contributed by atoms with Crippen molar-refractivity contribution >= 4 is 17.8 Å². The lowest BCUT2D eigenvalue weighted by molar-refractivity contribution is -0.146. The molecule has 2 amide bonds. The number of likely N-dealkylation sites (N-methyl/N-ethyl adjacent to an activating group) is 1. The van der Waals surface area contributed by atoms with Crippen LogP contribution in [0, 0.1) is 11.8 Å². The van der Waals surface area contributed by atoms with E-state index in [1.54, 1.807) is 0 Å². The average molecular weight is 353 g/mol. The third kappa shape index (κ3) is 5.42. The van der Waals surface area contributed by atoms with E-state index >= 15 is 0 Å². The minimum Gasteiger partial charge on any atom is -0.480 e. The predicted molar refractivity (Wildman–Crippen MR) is 94.0 cm³/mol. The van der Waals surface area contributed by atoms with Crippen LogP contribution in [0.5, 0.6) is 0 Å². The van der Waals surface area contributed by atoms with Gasteiger partial charge in [0.15, 0.2) is 0 Å². The normalized spacial score (nSPS) is 27.0. The lowest BCUT2D eigenvalue weighted by Crippen LogP contribution is -2.44. The summed E-state index contributed by atoms with van der Waals surface area (Å²) in [7, 11) is 3.77. The molecule has 1 atom stereocenters. The molecule has 25 heavy (non-hydrogen) atoms. The molecule has 1 N–H and O–H groups in total. The number of carbonyl (C=O) groups excluding carboxylic acids is 2. The van der Waals surface area contributed by atoms with Crippen molar-refractivity contribution in [3.8, 4) is 0 Å². The van der Waals surface area contributed by atoms with Gasteiger partial charge >= 0.3 is 5.97 Å². The summed E-state index contributed by atoms with van der Waals surface area (Å²) in [6.45, 7) is 3.34. The third-order valence-corrected chi connectivity index (χ3v) is 5.39. The first-order valence-corrected chi connectivity index (χ1v) is 9.22. The SMILES string of the molecule is CC1CCC(N2CC(C(=O)N(CCN(C)C)CC(=O)O)CC2=O)CC1. The van der Waals surface area contributed by atoms with Gasteiger partial charge in [-0.3, -0.25) is 14.4 Å². The first-order chi connectivity index (χ1) is 11.8. The molecule has 0 radical (unpaired) electrons. The van der Waals surface area contributed by atoms with E-state index in [-0.39, 0.29) is 30.8 Å². The lowest BCUT2D eigenvalue weighted by Gasteiger charge is -2.34. The zero-order chi connectivity index (χ0) is 18.6. The van der Waals surface area contributed by atoms with Gasteiger partial charge in [0.05, 0.1) is 5.92 Å². The van der Waals surface area contributed by atoms with Crippen LogP contribution in [-0.4, -0.2) is 83.9 Å². The van der Waals surface area contributed by atoms with Crippen LogP contribution in [0.2, 0.25) is 0 Å². The molecule has 0 aromatic rings. The van der Waals surface area contributed by atoms with Gasteiger partial charge in [0.1, 0.15) is 6.54 Å². The smallest absolute Gasteiger partial charge is 0.323 e. The summed E-state index contributed by atoms with van der Waals surface area (Å²) in [6.07, 6.45) is 4.48. The summed E-state index contributed by atoms with van der Waals surface area (Å²) < 4.78 is 0. The van der Waals surface area contributed by atoms with E-state index in [2.05, 4.69) is 6.92 Å². The number of carboxylic acid groups (broad SMARTS) is 1. The minimum absolute atomic E-state index is 0.0424. The number of likely N-dealkylation sites (tertiary alicyclic amines) is 1. The monoisotopic (exact) mass is 353 g/mol. The largest absolute Gasteiger partial charge is 0.480 e. The number of hydrogen-bond acceptors (Lipinski definition) is 4. The van der Waals surface area contributed by atoms with Gasteiger partial charge in [-0.1, -0.05) is 6.92 Å². The molecule has 142 valence electrons. The Morgan fingerprint density at radius 2 is 1.80 bits per heavy atom. The minimum atomic E-state index is -1.02. The zero-order valence-corrected chi connectivity index (χ0v) is 15.6. The van der Waals surface area contributed by atoms with Gasteiger partial charge in [0, 0.05) is 32.1 Å². The highest BCUT2D eigenvalue weighted by atomic mass is 16.4. The number of rotatable bonds is 7. The number of carboxylic acids is 1. The Labute approximate surface area is 149 Å². The first kappa shape index (κ1) is 19.7. The molecule has 1 aliphatic carbocycles. The average Bonchev–Trinajstić information content (AvgIpc) is 2.93. The van der Waals surface area contributed by atoms with Gasteiger partial charge in [-0.25, -0.2) is 0 Å². The zero-order valence-electron chi connectivity index (χ0n) is 15.6.